The molecule has 19 heavy (non-hydrogen) atoms. The third kappa shape index (κ3) is 4.07. The highest BCUT2D eigenvalue weighted by Crippen LogP contribution is 2.37. The predicted molar refractivity (Wildman–Crippen MR) is 82.5 cm³/mol. The second kappa shape index (κ2) is 7.09. The molecule has 0 N–H and O–H groups in total. The summed E-state index contributed by atoms with van der Waals surface area (Å²) in [5.41, 5.74) is 0.267. The smallest absolute Gasteiger partial charge is 0.123 e. The van der Waals surface area contributed by atoms with E-state index in [0.29, 0.717) is 6.61 Å². The van der Waals surface area contributed by atoms with Crippen LogP contribution in [0.4, 0.5) is 0 Å². The molecule has 0 unspecified atom stereocenters. The lowest BCUT2D eigenvalue weighted by Gasteiger charge is -2.35. The number of benzene rings is 1. The molecule has 0 aromatic heterocycles. The van der Waals surface area contributed by atoms with E-state index in [4.69, 9.17) is 9.47 Å². The van der Waals surface area contributed by atoms with E-state index < -0.39 is 0 Å². The first-order valence-corrected chi connectivity index (χ1v) is 7.88. The molecule has 1 aromatic rings. The number of hydrogen-bond acceptors (Lipinski definition) is 3. The van der Waals surface area contributed by atoms with Gasteiger partial charge in [-0.1, -0.05) is 25.3 Å². The Morgan fingerprint density at radius 2 is 1.79 bits per heavy atom. The fourth-order valence-electron chi connectivity index (χ4n) is 2.71. The normalized spacial score (nSPS) is 18.0. The maximum Gasteiger partial charge on any atom is 0.123 e. The topological polar surface area (TPSA) is 18.5 Å². The minimum absolute atomic E-state index is 0.267. The van der Waals surface area contributed by atoms with Crippen LogP contribution in [0.1, 0.15) is 39.0 Å². The number of thiol groups is 1. The van der Waals surface area contributed by atoms with E-state index in [1.165, 1.54) is 32.1 Å². The standard InChI is InChI=1S/C16H24O2S/c1-2-17-14-7-6-8-15(11-14)18-12-16(13-19)9-4-3-5-10-16/h6-8,11,19H,2-5,9-10,12-13H2,1H3. The Balaban J connectivity index is 1.94. The Hall–Kier alpha value is -0.830. The Morgan fingerprint density at radius 1 is 1.11 bits per heavy atom. The zero-order valence-electron chi connectivity index (χ0n) is 11.7. The molecule has 1 fully saturated rings. The number of hydrogen-bond donors (Lipinski definition) is 1. The van der Waals surface area contributed by atoms with Crippen molar-refractivity contribution in [1.29, 1.82) is 0 Å². The van der Waals surface area contributed by atoms with E-state index in [1.807, 2.05) is 31.2 Å². The lowest BCUT2D eigenvalue weighted by atomic mass is 9.76. The second-order valence-corrected chi connectivity index (χ2v) is 5.73. The first-order chi connectivity index (χ1) is 9.28. The molecule has 106 valence electrons. The van der Waals surface area contributed by atoms with Crippen LogP contribution in [0.25, 0.3) is 0 Å². The fourth-order valence-corrected chi connectivity index (χ4v) is 3.11. The molecule has 0 bridgehead atoms. The Kier molecular flexibility index (Phi) is 5.44. The molecule has 2 rings (SSSR count). The van der Waals surface area contributed by atoms with Gasteiger partial charge >= 0.3 is 0 Å². The van der Waals surface area contributed by atoms with Crippen LogP contribution in [0.3, 0.4) is 0 Å². The summed E-state index contributed by atoms with van der Waals surface area (Å²) in [5, 5.41) is 0. The van der Waals surface area contributed by atoms with Crippen molar-refractivity contribution in [3.63, 3.8) is 0 Å². The quantitative estimate of drug-likeness (QED) is 0.781. The van der Waals surface area contributed by atoms with Crippen LogP contribution in [0.15, 0.2) is 24.3 Å². The van der Waals surface area contributed by atoms with E-state index in [2.05, 4.69) is 12.6 Å². The Labute approximate surface area is 121 Å². The summed E-state index contributed by atoms with van der Waals surface area (Å²) >= 11 is 4.54. The summed E-state index contributed by atoms with van der Waals surface area (Å²) in [6.07, 6.45) is 6.45. The van der Waals surface area contributed by atoms with Gasteiger partial charge in [0, 0.05) is 11.5 Å². The first-order valence-electron chi connectivity index (χ1n) is 7.24. The molecule has 1 aliphatic rings. The van der Waals surface area contributed by atoms with E-state index in [0.717, 1.165) is 23.9 Å². The lowest BCUT2D eigenvalue weighted by molar-refractivity contribution is 0.121. The molecule has 3 heteroatoms. The summed E-state index contributed by atoms with van der Waals surface area (Å²) in [6, 6.07) is 7.91. The fraction of sp³-hybridized carbons (Fsp3) is 0.625. The van der Waals surface area contributed by atoms with Crippen LogP contribution in [-0.4, -0.2) is 19.0 Å². The largest absolute Gasteiger partial charge is 0.494 e. The third-order valence-electron chi connectivity index (χ3n) is 3.91. The van der Waals surface area contributed by atoms with Crippen molar-refractivity contribution < 1.29 is 9.47 Å². The molecule has 1 aromatic carbocycles. The van der Waals surface area contributed by atoms with Gasteiger partial charge in [-0.25, -0.2) is 0 Å². The summed E-state index contributed by atoms with van der Waals surface area (Å²) in [7, 11) is 0. The van der Waals surface area contributed by atoms with E-state index >= 15 is 0 Å². The van der Waals surface area contributed by atoms with Crippen LogP contribution >= 0.6 is 12.6 Å². The Bertz CT molecular complexity index is 386. The van der Waals surface area contributed by atoms with Crippen LogP contribution in [0, 0.1) is 5.41 Å². The van der Waals surface area contributed by atoms with Crippen molar-refractivity contribution in [3.8, 4) is 11.5 Å². The summed E-state index contributed by atoms with van der Waals surface area (Å²) in [5.74, 6) is 2.69. The summed E-state index contributed by atoms with van der Waals surface area (Å²) < 4.78 is 11.5. The third-order valence-corrected chi connectivity index (χ3v) is 4.58. The summed E-state index contributed by atoms with van der Waals surface area (Å²) in [6.45, 7) is 3.45. The van der Waals surface area contributed by atoms with Gasteiger partial charge in [0.25, 0.3) is 0 Å². The Morgan fingerprint density at radius 3 is 2.42 bits per heavy atom. The highest BCUT2D eigenvalue weighted by molar-refractivity contribution is 7.80. The highest BCUT2D eigenvalue weighted by atomic mass is 32.1. The van der Waals surface area contributed by atoms with Crippen molar-refractivity contribution >= 4 is 12.6 Å². The predicted octanol–water partition coefficient (Wildman–Crippen LogP) is 4.34. The monoisotopic (exact) mass is 280 g/mol. The van der Waals surface area contributed by atoms with Gasteiger partial charge in [0.2, 0.25) is 0 Å². The second-order valence-electron chi connectivity index (χ2n) is 5.42. The average Bonchev–Trinajstić information content (AvgIpc) is 2.47. The van der Waals surface area contributed by atoms with Gasteiger partial charge in [0.1, 0.15) is 11.5 Å². The van der Waals surface area contributed by atoms with E-state index in [9.17, 15) is 0 Å². The summed E-state index contributed by atoms with van der Waals surface area (Å²) in [4.78, 5) is 0. The van der Waals surface area contributed by atoms with Crippen LogP contribution < -0.4 is 9.47 Å². The molecule has 0 spiro atoms. The van der Waals surface area contributed by atoms with Gasteiger partial charge in [-0.15, -0.1) is 0 Å². The minimum atomic E-state index is 0.267. The van der Waals surface area contributed by atoms with Crippen LogP contribution in [0.5, 0.6) is 11.5 Å². The lowest BCUT2D eigenvalue weighted by Crippen LogP contribution is -2.32. The molecule has 2 nitrogen and oxygen atoms in total. The molecular weight excluding hydrogens is 256 g/mol. The van der Waals surface area contributed by atoms with Gasteiger partial charge in [-0.05, 0) is 37.7 Å². The number of ether oxygens (including phenoxy) is 2. The van der Waals surface area contributed by atoms with Gasteiger partial charge in [-0.3, -0.25) is 0 Å². The van der Waals surface area contributed by atoms with E-state index in [-0.39, 0.29) is 5.41 Å². The van der Waals surface area contributed by atoms with Gasteiger partial charge in [-0.2, -0.15) is 12.6 Å². The molecule has 1 saturated carbocycles. The van der Waals surface area contributed by atoms with Crippen molar-refractivity contribution in [1.82, 2.24) is 0 Å². The molecule has 1 aliphatic carbocycles. The average molecular weight is 280 g/mol. The van der Waals surface area contributed by atoms with Crippen molar-refractivity contribution in [2.45, 2.75) is 39.0 Å². The van der Waals surface area contributed by atoms with Crippen molar-refractivity contribution in [3.05, 3.63) is 24.3 Å². The maximum atomic E-state index is 6.00. The van der Waals surface area contributed by atoms with Crippen LogP contribution in [-0.2, 0) is 0 Å². The molecule has 0 aliphatic heterocycles. The molecule has 0 radical (unpaired) electrons. The SMILES string of the molecule is CCOc1cccc(OCC2(CS)CCCCC2)c1. The minimum Gasteiger partial charge on any atom is -0.494 e. The van der Waals surface area contributed by atoms with Gasteiger partial charge in [0.15, 0.2) is 0 Å². The molecule has 0 saturated heterocycles. The maximum absolute atomic E-state index is 6.00. The molecule has 0 atom stereocenters. The zero-order chi connectivity index (χ0) is 13.6. The van der Waals surface area contributed by atoms with Crippen LogP contribution in [0.2, 0.25) is 0 Å². The first kappa shape index (κ1) is 14.6. The van der Waals surface area contributed by atoms with Crippen molar-refractivity contribution in [2.24, 2.45) is 5.41 Å². The molecule has 0 amide bonds. The molecular formula is C16H24O2S. The zero-order valence-corrected chi connectivity index (χ0v) is 12.6. The van der Waals surface area contributed by atoms with Gasteiger partial charge < -0.3 is 9.47 Å². The highest BCUT2D eigenvalue weighted by Gasteiger charge is 2.31. The number of rotatable bonds is 6. The molecule has 0 heterocycles. The van der Waals surface area contributed by atoms with Crippen molar-refractivity contribution in [2.75, 3.05) is 19.0 Å². The van der Waals surface area contributed by atoms with E-state index in [1.54, 1.807) is 0 Å². The van der Waals surface area contributed by atoms with Gasteiger partial charge in [0.05, 0.1) is 13.2 Å².